The third-order valence-electron chi connectivity index (χ3n) is 3.20. The Morgan fingerprint density at radius 1 is 0.952 bits per heavy atom. The number of benzene rings is 2. The average molecular weight is 284 g/mol. The molecule has 0 saturated carbocycles. The van der Waals surface area contributed by atoms with Gasteiger partial charge in [0.05, 0.1) is 37.1 Å². The van der Waals surface area contributed by atoms with Crippen LogP contribution in [0, 0.1) is 5.82 Å². The van der Waals surface area contributed by atoms with Crippen LogP contribution in [0.25, 0.3) is 22.3 Å². The Morgan fingerprint density at radius 2 is 1.62 bits per heavy atom. The van der Waals surface area contributed by atoms with Crippen molar-refractivity contribution < 1.29 is 13.9 Å². The molecule has 0 bridgehead atoms. The van der Waals surface area contributed by atoms with Gasteiger partial charge in [-0.3, -0.25) is 4.98 Å². The van der Waals surface area contributed by atoms with E-state index in [9.17, 15) is 4.39 Å². The Kier molecular flexibility index (Phi) is 3.39. The van der Waals surface area contributed by atoms with Gasteiger partial charge >= 0.3 is 0 Å². The van der Waals surface area contributed by atoms with E-state index in [1.165, 1.54) is 6.07 Å². The lowest BCUT2D eigenvalue weighted by atomic mass is 10.1. The van der Waals surface area contributed by atoms with Crippen molar-refractivity contribution in [2.45, 2.75) is 0 Å². The Hall–Kier alpha value is -2.69. The summed E-state index contributed by atoms with van der Waals surface area (Å²) in [6.45, 7) is 0. The summed E-state index contributed by atoms with van der Waals surface area (Å²) in [6, 6.07) is 9.94. The summed E-state index contributed by atoms with van der Waals surface area (Å²) >= 11 is 0. The fourth-order valence-electron chi connectivity index (χ4n) is 2.14. The molecule has 1 heterocycles. The molecule has 4 nitrogen and oxygen atoms in total. The topological polar surface area (TPSA) is 44.2 Å². The third-order valence-corrected chi connectivity index (χ3v) is 3.20. The number of hydrogen-bond donors (Lipinski definition) is 0. The van der Waals surface area contributed by atoms with Gasteiger partial charge in [0.25, 0.3) is 0 Å². The molecule has 0 unspecified atom stereocenters. The highest BCUT2D eigenvalue weighted by Gasteiger charge is 2.11. The van der Waals surface area contributed by atoms with Gasteiger partial charge in [0.2, 0.25) is 0 Å². The average Bonchev–Trinajstić information content (AvgIpc) is 2.53. The van der Waals surface area contributed by atoms with Crippen LogP contribution >= 0.6 is 0 Å². The molecular weight excluding hydrogens is 271 g/mol. The van der Waals surface area contributed by atoms with Crippen molar-refractivity contribution in [3.8, 4) is 22.8 Å². The van der Waals surface area contributed by atoms with E-state index in [2.05, 4.69) is 9.97 Å². The number of fused-ring (bicyclic) bond motifs is 1. The molecule has 0 aliphatic heterocycles. The minimum atomic E-state index is -0.327. The fourth-order valence-corrected chi connectivity index (χ4v) is 2.14. The maximum Gasteiger partial charge on any atom is 0.163 e. The van der Waals surface area contributed by atoms with Crippen LogP contribution in [0.1, 0.15) is 0 Å². The highest BCUT2D eigenvalue weighted by atomic mass is 19.1. The van der Waals surface area contributed by atoms with Crippen LogP contribution < -0.4 is 9.47 Å². The number of nitrogens with zero attached hydrogens (tertiary/aromatic N) is 2. The minimum Gasteiger partial charge on any atom is -0.493 e. The molecule has 5 heteroatoms. The molecule has 2 aromatic carbocycles. The van der Waals surface area contributed by atoms with Crippen LogP contribution in [0.3, 0.4) is 0 Å². The number of rotatable bonds is 3. The number of methoxy groups -OCH3 is 2. The molecule has 0 atom stereocenters. The number of ether oxygens (including phenoxy) is 2. The van der Waals surface area contributed by atoms with Crippen molar-refractivity contribution >= 4 is 11.0 Å². The molecule has 3 rings (SSSR count). The van der Waals surface area contributed by atoms with Crippen molar-refractivity contribution in [1.29, 1.82) is 0 Å². The van der Waals surface area contributed by atoms with E-state index in [1.54, 1.807) is 50.7 Å². The monoisotopic (exact) mass is 284 g/mol. The second-order valence-electron chi connectivity index (χ2n) is 4.43. The molecule has 0 amide bonds. The Bertz CT molecular complexity index is 805. The first kappa shape index (κ1) is 13.3. The summed E-state index contributed by atoms with van der Waals surface area (Å²) in [7, 11) is 3.11. The van der Waals surface area contributed by atoms with E-state index >= 15 is 0 Å². The van der Waals surface area contributed by atoms with Crippen LogP contribution in [0.15, 0.2) is 42.6 Å². The van der Waals surface area contributed by atoms with E-state index in [0.717, 1.165) is 0 Å². The van der Waals surface area contributed by atoms with E-state index in [0.29, 0.717) is 33.8 Å². The van der Waals surface area contributed by atoms with Gasteiger partial charge in [-0.05, 0) is 12.1 Å². The first-order valence-corrected chi connectivity index (χ1v) is 6.36. The second-order valence-corrected chi connectivity index (χ2v) is 4.43. The zero-order chi connectivity index (χ0) is 14.8. The van der Waals surface area contributed by atoms with Crippen LogP contribution in [0.5, 0.6) is 11.5 Å². The lowest BCUT2D eigenvalue weighted by Crippen LogP contribution is -1.95. The summed E-state index contributed by atoms with van der Waals surface area (Å²) in [5, 5.41) is 0. The molecule has 21 heavy (non-hydrogen) atoms. The summed E-state index contributed by atoms with van der Waals surface area (Å²) in [5.74, 6) is 0.814. The molecule has 0 aliphatic carbocycles. The fraction of sp³-hybridized carbons (Fsp3) is 0.125. The molecule has 3 aromatic rings. The van der Waals surface area contributed by atoms with Crippen LogP contribution in [0.2, 0.25) is 0 Å². The van der Waals surface area contributed by atoms with Gasteiger partial charge in [-0.15, -0.1) is 0 Å². The van der Waals surface area contributed by atoms with Crippen molar-refractivity contribution in [3.63, 3.8) is 0 Å². The van der Waals surface area contributed by atoms with Crippen LogP contribution in [0.4, 0.5) is 4.39 Å². The predicted octanol–water partition coefficient (Wildman–Crippen LogP) is 3.45. The highest BCUT2D eigenvalue weighted by molar-refractivity contribution is 5.81. The van der Waals surface area contributed by atoms with E-state index in [1.807, 2.05) is 0 Å². The summed E-state index contributed by atoms with van der Waals surface area (Å²) in [5.41, 5.74) is 2.18. The van der Waals surface area contributed by atoms with Crippen molar-refractivity contribution in [2.75, 3.05) is 14.2 Å². The van der Waals surface area contributed by atoms with Crippen molar-refractivity contribution in [3.05, 3.63) is 48.4 Å². The lowest BCUT2D eigenvalue weighted by Gasteiger charge is -2.09. The number of aromatic nitrogens is 2. The van der Waals surface area contributed by atoms with Gasteiger partial charge in [-0.2, -0.15) is 0 Å². The second kappa shape index (κ2) is 5.36. The molecule has 0 fully saturated rings. The van der Waals surface area contributed by atoms with E-state index < -0.39 is 0 Å². The minimum absolute atomic E-state index is 0.327. The lowest BCUT2D eigenvalue weighted by molar-refractivity contribution is 0.355. The SMILES string of the molecule is COc1cc2ncc(-c3ccccc3F)nc2cc1OC. The predicted molar refractivity (Wildman–Crippen MR) is 78.0 cm³/mol. The normalized spacial score (nSPS) is 10.6. The largest absolute Gasteiger partial charge is 0.493 e. The summed E-state index contributed by atoms with van der Waals surface area (Å²) in [4.78, 5) is 8.77. The van der Waals surface area contributed by atoms with E-state index in [-0.39, 0.29) is 5.82 Å². The van der Waals surface area contributed by atoms with Gasteiger partial charge in [-0.25, -0.2) is 9.37 Å². The van der Waals surface area contributed by atoms with Crippen LogP contribution in [-0.4, -0.2) is 24.2 Å². The zero-order valence-corrected chi connectivity index (χ0v) is 11.6. The van der Waals surface area contributed by atoms with Gasteiger partial charge in [-0.1, -0.05) is 12.1 Å². The number of hydrogen-bond acceptors (Lipinski definition) is 4. The van der Waals surface area contributed by atoms with Gasteiger partial charge in [0.15, 0.2) is 11.5 Å². The Morgan fingerprint density at radius 3 is 2.29 bits per heavy atom. The Balaban J connectivity index is 2.18. The van der Waals surface area contributed by atoms with Gasteiger partial charge in [0, 0.05) is 17.7 Å². The molecule has 0 N–H and O–H groups in total. The zero-order valence-electron chi connectivity index (χ0n) is 11.6. The summed E-state index contributed by atoms with van der Waals surface area (Å²) < 4.78 is 24.3. The molecule has 0 saturated heterocycles. The van der Waals surface area contributed by atoms with E-state index in [4.69, 9.17) is 9.47 Å². The maximum atomic E-state index is 13.8. The maximum absolute atomic E-state index is 13.8. The summed E-state index contributed by atoms with van der Waals surface area (Å²) in [6.07, 6.45) is 1.55. The standard InChI is InChI=1S/C16H13FN2O2/c1-20-15-7-12-13(8-16(15)21-2)19-14(9-18-12)10-5-3-4-6-11(10)17/h3-9H,1-2H3. The van der Waals surface area contributed by atoms with Crippen molar-refractivity contribution in [2.24, 2.45) is 0 Å². The third kappa shape index (κ3) is 2.38. The van der Waals surface area contributed by atoms with Crippen molar-refractivity contribution in [1.82, 2.24) is 9.97 Å². The first-order valence-electron chi connectivity index (χ1n) is 6.36. The molecule has 0 aliphatic rings. The quantitative estimate of drug-likeness (QED) is 0.739. The Labute approximate surface area is 121 Å². The number of halogens is 1. The molecule has 0 radical (unpaired) electrons. The molecular formula is C16H13FN2O2. The molecule has 1 aromatic heterocycles. The first-order chi connectivity index (χ1) is 10.2. The van der Waals surface area contributed by atoms with Gasteiger partial charge in [0.1, 0.15) is 5.82 Å². The van der Waals surface area contributed by atoms with Crippen LogP contribution in [-0.2, 0) is 0 Å². The highest BCUT2D eigenvalue weighted by Crippen LogP contribution is 2.31. The molecule has 106 valence electrons. The van der Waals surface area contributed by atoms with Gasteiger partial charge < -0.3 is 9.47 Å². The smallest absolute Gasteiger partial charge is 0.163 e. The molecule has 0 spiro atoms.